The summed E-state index contributed by atoms with van der Waals surface area (Å²) in [5.74, 6) is -0.681. The lowest BCUT2D eigenvalue weighted by atomic mass is 10.1. The quantitative estimate of drug-likeness (QED) is 0.441. The zero-order valence-corrected chi connectivity index (χ0v) is 19.5. The number of fused-ring (bicyclic) bond motifs is 1. The average Bonchev–Trinajstić information content (AvgIpc) is 3.54. The van der Waals surface area contributed by atoms with Crippen molar-refractivity contribution in [1.29, 1.82) is 5.26 Å². The van der Waals surface area contributed by atoms with E-state index in [4.69, 9.17) is 11.6 Å². The Kier molecular flexibility index (Phi) is 6.44. The fourth-order valence-corrected chi connectivity index (χ4v) is 4.62. The molecule has 0 saturated carbocycles. The third-order valence-electron chi connectivity index (χ3n) is 6.22. The number of aromatic amines is 1. The molecule has 4 heterocycles. The lowest BCUT2D eigenvalue weighted by Crippen LogP contribution is -2.50. The van der Waals surface area contributed by atoms with E-state index in [2.05, 4.69) is 31.0 Å². The average molecular weight is 493 g/mol. The van der Waals surface area contributed by atoms with Crippen LogP contribution in [0.2, 0.25) is 5.02 Å². The van der Waals surface area contributed by atoms with Crippen molar-refractivity contribution in [1.82, 2.24) is 34.5 Å². The molecule has 1 unspecified atom stereocenters. The van der Waals surface area contributed by atoms with Gasteiger partial charge in [0.15, 0.2) is 0 Å². The monoisotopic (exact) mass is 492 g/mol. The molecule has 1 aromatic carbocycles. The second-order valence-corrected chi connectivity index (χ2v) is 8.81. The smallest absolute Gasteiger partial charge is 0.255 e. The lowest BCUT2D eigenvalue weighted by molar-refractivity contribution is 0.0617. The van der Waals surface area contributed by atoms with Crippen LogP contribution < -0.4 is 0 Å². The molecule has 1 fully saturated rings. The van der Waals surface area contributed by atoms with E-state index in [1.54, 1.807) is 11.1 Å². The Bertz CT molecular complexity index is 1400. The van der Waals surface area contributed by atoms with Crippen LogP contribution in [0.25, 0.3) is 22.3 Å². The third-order valence-corrected chi connectivity index (χ3v) is 6.53. The van der Waals surface area contributed by atoms with Gasteiger partial charge in [-0.1, -0.05) is 11.6 Å². The summed E-state index contributed by atoms with van der Waals surface area (Å²) in [6.45, 7) is 2.95. The summed E-state index contributed by atoms with van der Waals surface area (Å²) in [4.78, 5) is 28.5. The highest BCUT2D eigenvalue weighted by Crippen LogP contribution is 2.26. The zero-order chi connectivity index (χ0) is 24.4. The van der Waals surface area contributed by atoms with Crippen LogP contribution in [0.1, 0.15) is 22.8 Å². The first-order valence-electron chi connectivity index (χ1n) is 11.2. The Morgan fingerprint density at radius 1 is 1.23 bits per heavy atom. The first-order chi connectivity index (χ1) is 17.0. The molecular weight excluding hydrogens is 471 g/mol. The number of nitriles is 1. The minimum atomic E-state index is -0.473. The molecule has 1 N–H and O–H groups in total. The number of rotatable bonds is 6. The van der Waals surface area contributed by atoms with Crippen molar-refractivity contribution in [2.75, 3.05) is 32.7 Å². The molecule has 0 spiro atoms. The van der Waals surface area contributed by atoms with Gasteiger partial charge in [0.2, 0.25) is 0 Å². The zero-order valence-electron chi connectivity index (χ0n) is 18.7. The lowest BCUT2D eigenvalue weighted by Gasteiger charge is -2.36. The maximum Gasteiger partial charge on any atom is 0.255 e. The summed E-state index contributed by atoms with van der Waals surface area (Å²) in [6.07, 6.45) is 7.29. The predicted molar refractivity (Wildman–Crippen MR) is 128 cm³/mol. The highest BCUT2D eigenvalue weighted by Gasteiger charge is 2.26. The Labute approximate surface area is 205 Å². The molecular formula is C24H22ClFN8O. The number of nitrogens with zero attached hydrogens (tertiary/aromatic N) is 7. The number of carbonyl (C=O) groups excluding carboxylic acids is 1. The van der Waals surface area contributed by atoms with Crippen LogP contribution in [-0.4, -0.2) is 73.2 Å². The van der Waals surface area contributed by atoms with Gasteiger partial charge in [0, 0.05) is 56.1 Å². The molecule has 1 aliphatic heterocycles. The van der Waals surface area contributed by atoms with Crippen LogP contribution in [0.4, 0.5) is 4.39 Å². The van der Waals surface area contributed by atoms with Crippen molar-refractivity contribution >= 4 is 28.5 Å². The first kappa shape index (κ1) is 23.0. The maximum atomic E-state index is 13.3. The molecule has 11 heteroatoms. The third kappa shape index (κ3) is 4.73. The van der Waals surface area contributed by atoms with Gasteiger partial charge in [-0.3, -0.25) is 14.4 Å². The van der Waals surface area contributed by atoms with Gasteiger partial charge in [0.25, 0.3) is 5.91 Å². The Morgan fingerprint density at radius 3 is 2.83 bits per heavy atom. The molecule has 9 nitrogen and oxygen atoms in total. The number of benzene rings is 1. The van der Waals surface area contributed by atoms with E-state index in [1.807, 2.05) is 23.1 Å². The van der Waals surface area contributed by atoms with Crippen molar-refractivity contribution in [3.63, 3.8) is 0 Å². The predicted octanol–water partition coefficient (Wildman–Crippen LogP) is 3.53. The van der Waals surface area contributed by atoms with Crippen LogP contribution in [0, 0.1) is 17.1 Å². The van der Waals surface area contributed by atoms with Gasteiger partial charge >= 0.3 is 0 Å². The van der Waals surface area contributed by atoms with E-state index in [-0.39, 0.29) is 17.0 Å². The normalized spacial score (nSPS) is 15.3. The molecule has 0 radical (unpaired) electrons. The molecule has 178 valence electrons. The number of hydrogen-bond acceptors (Lipinski definition) is 6. The Balaban J connectivity index is 1.25. The molecule has 1 saturated heterocycles. The molecule has 0 aliphatic carbocycles. The van der Waals surface area contributed by atoms with Crippen LogP contribution in [0.5, 0.6) is 0 Å². The van der Waals surface area contributed by atoms with E-state index in [9.17, 15) is 14.4 Å². The van der Waals surface area contributed by atoms with Crippen LogP contribution in [0.3, 0.4) is 0 Å². The van der Waals surface area contributed by atoms with Gasteiger partial charge in [-0.15, -0.1) is 0 Å². The minimum Gasteiger partial charge on any atom is -0.346 e. The number of H-pyrrole nitrogens is 1. The SMILES string of the molecule is N#CCC(CN1CCN(C(=O)c2ccc(F)cc2Cl)CC1)n1cc(-c2ncnc3[nH]ccc23)cn1. The Hall–Kier alpha value is -3.81. The highest BCUT2D eigenvalue weighted by atomic mass is 35.5. The number of halogens is 2. The van der Waals surface area contributed by atoms with Gasteiger partial charge in [-0.25, -0.2) is 14.4 Å². The fourth-order valence-electron chi connectivity index (χ4n) is 4.37. The number of carbonyl (C=O) groups is 1. The molecule has 1 atom stereocenters. The number of aromatic nitrogens is 5. The van der Waals surface area contributed by atoms with Crippen LogP contribution >= 0.6 is 11.6 Å². The van der Waals surface area contributed by atoms with Gasteiger partial charge < -0.3 is 9.88 Å². The van der Waals surface area contributed by atoms with E-state index in [1.165, 1.54) is 18.5 Å². The van der Waals surface area contributed by atoms with E-state index in [0.717, 1.165) is 28.4 Å². The van der Waals surface area contributed by atoms with E-state index in [0.29, 0.717) is 44.7 Å². The number of amides is 1. The topological polar surface area (TPSA) is 107 Å². The van der Waals surface area contributed by atoms with Crippen molar-refractivity contribution < 1.29 is 9.18 Å². The van der Waals surface area contributed by atoms with Crippen LogP contribution in [0.15, 0.2) is 49.2 Å². The second-order valence-electron chi connectivity index (χ2n) is 8.40. The van der Waals surface area contributed by atoms with E-state index >= 15 is 0 Å². The van der Waals surface area contributed by atoms with Gasteiger partial charge in [0.1, 0.15) is 17.8 Å². The minimum absolute atomic E-state index is 0.113. The molecule has 1 aliphatic rings. The molecule has 0 bridgehead atoms. The second kappa shape index (κ2) is 9.82. The fraction of sp³-hybridized carbons (Fsp3) is 0.292. The summed E-state index contributed by atoms with van der Waals surface area (Å²) >= 11 is 6.07. The molecule has 5 rings (SSSR count). The highest BCUT2D eigenvalue weighted by molar-refractivity contribution is 6.33. The molecule has 4 aromatic rings. The van der Waals surface area contributed by atoms with Gasteiger partial charge in [0.05, 0.1) is 41.0 Å². The number of piperazine rings is 1. The van der Waals surface area contributed by atoms with Crippen molar-refractivity contribution in [2.24, 2.45) is 0 Å². The number of nitrogens with one attached hydrogen (secondary N) is 1. The summed E-state index contributed by atoms with van der Waals surface area (Å²) < 4.78 is 15.1. The van der Waals surface area contributed by atoms with Gasteiger partial charge in [-0.05, 0) is 24.3 Å². The molecule has 35 heavy (non-hydrogen) atoms. The summed E-state index contributed by atoms with van der Waals surface area (Å²) in [5.41, 5.74) is 2.69. The molecule has 3 aromatic heterocycles. The van der Waals surface area contributed by atoms with E-state index < -0.39 is 5.82 Å². The van der Waals surface area contributed by atoms with Crippen LogP contribution in [-0.2, 0) is 0 Å². The summed E-state index contributed by atoms with van der Waals surface area (Å²) in [7, 11) is 0. The standard InChI is InChI=1S/C24H22ClFN8O/c25-21-11-17(26)1-2-19(21)24(35)33-9-7-32(8-10-33)14-18(3-5-27)34-13-16(12-31-34)22-20-4-6-28-23(20)30-15-29-22/h1-2,4,6,11-13,15,18H,3,7-10,14H2,(H,28,29,30). The van der Waals surface area contributed by atoms with Gasteiger partial charge in [-0.2, -0.15) is 10.4 Å². The van der Waals surface area contributed by atoms with Crippen molar-refractivity contribution in [3.05, 3.63) is 65.6 Å². The first-order valence-corrected chi connectivity index (χ1v) is 11.6. The summed E-state index contributed by atoms with van der Waals surface area (Å²) in [6, 6.07) is 7.85. The van der Waals surface area contributed by atoms with Crippen molar-refractivity contribution in [3.8, 4) is 17.3 Å². The van der Waals surface area contributed by atoms with Crippen molar-refractivity contribution in [2.45, 2.75) is 12.5 Å². The maximum absolute atomic E-state index is 13.3. The number of hydrogen-bond donors (Lipinski definition) is 1. The largest absolute Gasteiger partial charge is 0.346 e. The molecule has 1 amide bonds. The Morgan fingerprint density at radius 2 is 2.06 bits per heavy atom. The summed E-state index contributed by atoms with van der Waals surface area (Å²) in [5, 5.41) is 15.0.